The maximum Gasteiger partial charge on any atom is 0.165 e. The zero-order chi connectivity index (χ0) is 53.4. The number of fused-ring (bicyclic) bond motifs is 9. The Balaban J connectivity index is 0.864. The van der Waals surface area contributed by atoms with Crippen LogP contribution in [0.15, 0.2) is 285 Å². The van der Waals surface area contributed by atoms with Crippen LogP contribution in [0.2, 0.25) is 0 Å². The Kier molecular flexibility index (Phi) is 11.0. The zero-order valence-electron chi connectivity index (χ0n) is 43.8. The molecule has 0 unspecified atom stereocenters. The van der Waals surface area contributed by atoms with Crippen molar-refractivity contribution in [2.75, 3.05) is 0 Å². The van der Waals surface area contributed by atoms with Gasteiger partial charge in [0.15, 0.2) is 17.5 Å². The molecule has 0 amide bonds. The molecule has 0 bridgehead atoms. The van der Waals surface area contributed by atoms with E-state index in [0.29, 0.717) is 17.5 Å². The second kappa shape index (κ2) is 19.1. The van der Waals surface area contributed by atoms with E-state index in [-0.39, 0.29) is 0 Å². The van der Waals surface area contributed by atoms with Crippen molar-refractivity contribution < 1.29 is 0 Å². The Hall–Kier alpha value is -10.5. The van der Waals surface area contributed by atoms with Crippen LogP contribution in [0.4, 0.5) is 0 Å². The molecule has 0 atom stereocenters. The van der Waals surface area contributed by atoms with Crippen LogP contribution in [0, 0.1) is 0 Å². The van der Waals surface area contributed by atoms with Crippen molar-refractivity contribution in [1.82, 2.24) is 24.1 Å². The highest BCUT2D eigenvalue weighted by molar-refractivity contribution is 7.26. The smallest absolute Gasteiger partial charge is 0.165 e. The minimum atomic E-state index is 0.648. The topological polar surface area (TPSA) is 48.5 Å². The van der Waals surface area contributed by atoms with Crippen LogP contribution >= 0.6 is 11.3 Å². The van der Waals surface area contributed by atoms with Gasteiger partial charge in [0.25, 0.3) is 0 Å². The predicted molar refractivity (Wildman–Crippen MR) is 339 cm³/mol. The summed E-state index contributed by atoms with van der Waals surface area (Å²) >= 11 is 1.81. The van der Waals surface area contributed by atoms with E-state index >= 15 is 0 Å². The van der Waals surface area contributed by atoms with E-state index in [1.54, 1.807) is 0 Å². The molecule has 0 aliphatic carbocycles. The van der Waals surface area contributed by atoms with Gasteiger partial charge in [-0.1, -0.05) is 212 Å². The van der Waals surface area contributed by atoms with Crippen molar-refractivity contribution in [2.24, 2.45) is 0 Å². The molecule has 0 saturated heterocycles. The average molecular weight is 1050 g/mol. The Morgan fingerprint density at radius 3 is 1.11 bits per heavy atom. The first-order valence-electron chi connectivity index (χ1n) is 27.4. The summed E-state index contributed by atoms with van der Waals surface area (Å²) in [6, 6.07) is 103. The third-order valence-electron chi connectivity index (χ3n) is 16.0. The van der Waals surface area contributed by atoms with Crippen LogP contribution in [0.1, 0.15) is 0 Å². The molecule has 0 fully saturated rings. The summed E-state index contributed by atoms with van der Waals surface area (Å²) in [6.07, 6.45) is 0. The van der Waals surface area contributed by atoms with Crippen LogP contribution in [-0.4, -0.2) is 24.1 Å². The van der Waals surface area contributed by atoms with Gasteiger partial charge in [-0.15, -0.1) is 11.3 Å². The van der Waals surface area contributed by atoms with E-state index in [0.717, 1.165) is 54.9 Å². The Labute approximate surface area is 471 Å². The molecule has 4 heterocycles. The largest absolute Gasteiger partial charge is 0.309 e. The zero-order valence-corrected chi connectivity index (χ0v) is 44.6. The fourth-order valence-corrected chi connectivity index (χ4v) is 13.5. The van der Waals surface area contributed by atoms with Gasteiger partial charge in [0.05, 0.1) is 22.1 Å². The number of aromatic nitrogens is 5. The van der Waals surface area contributed by atoms with Crippen LogP contribution in [0.25, 0.3) is 154 Å². The predicted octanol–water partition coefficient (Wildman–Crippen LogP) is 20.1. The monoisotopic (exact) mass is 1050 g/mol. The van der Waals surface area contributed by atoms with E-state index in [9.17, 15) is 0 Å². The molecular formula is C75H47N5S. The van der Waals surface area contributed by atoms with Crippen molar-refractivity contribution in [3.63, 3.8) is 0 Å². The normalized spacial score (nSPS) is 11.7. The number of hydrogen-bond donors (Lipinski definition) is 0. The molecule has 378 valence electrons. The minimum Gasteiger partial charge on any atom is -0.309 e. The fraction of sp³-hybridized carbons (Fsp3) is 0. The van der Waals surface area contributed by atoms with Crippen molar-refractivity contribution in [2.45, 2.75) is 0 Å². The molecule has 0 spiro atoms. The molecule has 0 N–H and O–H groups in total. The van der Waals surface area contributed by atoms with Gasteiger partial charge in [0, 0.05) is 69.8 Å². The lowest BCUT2D eigenvalue weighted by atomic mass is 9.98. The van der Waals surface area contributed by atoms with Crippen molar-refractivity contribution in [3.05, 3.63) is 285 Å². The number of para-hydroxylation sites is 1. The van der Waals surface area contributed by atoms with Gasteiger partial charge in [0.2, 0.25) is 0 Å². The summed E-state index contributed by atoms with van der Waals surface area (Å²) in [7, 11) is 0. The average Bonchev–Trinajstić information content (AvgIpc) is 3.95. The van der Waals surface area contributed by atoms with E-state index in [4.69, 9.17) is 15.0 Å². The van der Waals surface area contributed by atoms with Crippen molar-refractivity contribution in [1.29, 1.82) is 0 Å². The molecule has 0 aliphatic rings. The maximum atomic E-state index is 5.18. The van der Waals surface area contributed by atoms with E-state index in [1.165, 1.54) is 81.4 Å². The molecule has 0 aliphatic heterocycles. The van der Waals surface area contributed by atoms with Crippen molar-refractivity contribution >= 4 is 75.1 Å². The molecule has 16 rings (SSSR count). The highest BCUT2D eigenvalue weighted by Gasteiger charge is 2.21. The number of rotatable bonds is 9. The van der Waals surface area contributed by atoms with Crippen LogP contribution in [0.5, 0.6) is 0 Å². The summed E-state index contributed by atoms with van der Waals surface area (Å²) < 4.78 is 7.22. The lowest BCUT2D eigenvalue weighted by Crippen LogP contribution is -2.00. The maximum absolute atomic E-state index is 5.18. The quantitative estimate of drug-likeness (QED) is 0.145. The first kappa shape index (κ1) is 46.6. The third-order valence-corrected chi connectivity index (χ3v) is 17.3. The van der Waals surface area contributed by atoms with Crippen LogP contribution in [-0.2, 0) is 0 Å². The standard InChI is InChI=1S/C75H47N5S/c1-5-19-48(20-6-1)52-27-15-29-57(43-52)79-67-36-14-13-31-60(67)64-45-54(37-40-68(64)79)55-38-41-69-65(46-55)66-47-56(39-42-70(66)80(69)58-30-16-28-53(44-58)49-21-7-2-8-22-49)59-32-17-33-61-62-34-18-35-63(72(62)81-71(59)61)75-77-73(50-23-9-3-10-24-50)76-74(78-75)51-25-11-4-12-26-51/h1-47H. The van der Waals surface area contributed by atoms with Gasteiger partial charge in [-0.25, -0.2) is 15.0 Å². The molecule has 81 heavy (non-hydrogen) atoms. The highest BCUT2D eigenvalue weighted by atomic mass is 32.1. The molecule has 12 aromatic carbocycles. The second-order valence-electron chi connectivity index (χ2n) is 20.7. The first-order valence-corrected chi connectivity index (χ1v) is 28.2. The molecule has 0 saturated carbocycles. The second-order valence-corrected chi connectivity index (χ2v) is 21.7. The van der Waals surface area contributed by atoms with Gasteiger partial charge in [-0.3, -0.25) is 0 Å². The van der Waals surface area contributed by atoms with Crippen molar-refractivity contribution in [3.8, 4) is 90.0 Å². The Morgan fingerprint density at radius 1 is 0.222 bits per heavy atom. The van der Waals surface area contributed by atoms with E-state index in [1.807, 2.05) is 47.7 Å². The minimum absolute atomic E-state index is 0.648. The van der Waals surface area contributed by atoms with E-state index in [2.05, 4.69) is 258 Å². The molecular weight excluding hydrogens is 1000 g/mol. The van der Waals surface area contributed by atoms with Gasteiger partial charge in [-0.2, -0.15) is 0 Å². The summed E-state index contributed by atoms with van der Waals surface area (Å²) in [6.45, 7) is 0. The van der Waals surface area contributed by atoms with E-state index < -0.39 is 0 Å². The Bertz CT molecular complexity index is 5040. The number of nitrogens with zero attached hydrogens (tertiary/aromatic N) is 5. The lowest BCUT2D eigenvalue weighted by Gasteiger charge is -2.11. The number of hydrogen-bond acceptors (Lipinski definition) is 4. The Morgan fingerprint density at radius 2 is 0.580 bits per heavy atom. The van der Waals surface area contributed by atoms with Gasteiger partial charge in [0.1, 0.15) is 0 Å². The van der Waals surface area contributed by atoms with Gasteiger partial charge < -0.3 is 9.13 Å². The summed E-state index contributed by atoms with van der Waals surface area (Å²) in [4.78, 5) is 15.4. The lowest BCUT2D eigenvalue weighted by molar-refractivity contribution is 1.08. The summed E-state index contributed by atoms with van der Waals surface area (Å²) in [5, 5.41) is 7.22. The van der Waals surface area contributed by atoms with Crippen LogP contribution in [0.3, 0.4) is 0 Å². The SMILES string of the molecule is c1ccc(-c2cccc(-n3c4ccccc4c4cc(-c5ccc6c(c5)c5cc(-c7cccc8c7sc7c(-c9nc(-c%10ccccc%10)nc(-c%10ccccc%10)n9)cccc78)ccc5n6-c5cccc(-c6ccccc6)c5)ccc43)c2)cc1. The van der Waals surface area contributed by atoms with Gasteiger partial charge >= 0.3 is 0 Å². The van der Waals surface area contributed by atoms with Gasteiger partial charge in [-0.05, 0) is 117 Å². The molecule has 5 nitrogen and oxygen atoms in total. The van der Waals surface area contributed by atoms with Crippen LogP contribution < -0.4 is 0 Å². The fourth-order valence-electron chi connectivity index (χ4n) is 12.1. The third kappa shape index (κ3) is 7.95. The summed E-state index contributed by atoms with van der Waals surface area (Å²) in [5.74, 6) is 1.95. The first-order chi connectivity index (χ1) is 40.1. The number of benzene rings is 12. The number of thiophene rings is 1. The highest BCUT2D eigenvalue weighted by Crippen LogP contribution is 2.46. The molecule has 4 aromatic heterocycles. The molecule has 16 aromatic rings. The molecule has 6 heteroatoms. The molecule has 0 radical (unpaired) electrons. The summed E-state index contributed by atoms with van der Waals surface area (Å²) in [5.41, 5.74) is 19.2.